The second-order valence-electron chi connectivity index (χ2n) is 2.52. The van der Waals surface area contributed by atoms with Gasteiger partial charge in [0.2, 0.25) is 0 Å². The molecule has 0 fully saturated rings. The van der Waals surface area contributed by atoms with E-state index in [-0.39, 0.29) is 0 Å². The Hall–Kier alpha value is -0.560. The van der Waals surface area contributed by atoms with Crippen LogP contribution in [0.15, 0.2) is 24.8 Å². The Morgan fingerprint density at radius 2 is 2.27 bits per heavy atom. The summed E-state index contributed by atoms with van der Waals surface area (Å²) < 4.78 is 0. The predicted octanol–water partition coefficient (Wildman–Crippen LogP) is 3.53. The van der Waals surface area contributed by atoms with Crippen molar-refractivity contribution in [2.24, 2.45) is 0 Å². The monoisotopic (exact) mass is 210 g/mol. The molecule has 0 saturated carbocycles. The van der Waals surface area contributed by atoms with Gasteiger partial charge in [-0.25, -0.2) is 0 Å². The van der Waals surface area contributed by atoms with E-state index in [9.17, 15) is 0 Å². The minimum atomic E-state index is 0.927. The zero-order valence-electron chi connectivity index (χ0n) is 6.60. The van der Waals surface area contributed by atoms with E-state index in [0.717, 1.165) is 5.33 Å². The number of hydrogen-bond donors (Lipinski definition) is 0. The molecular formula is C10H11Br. The largest absolute Gasteiger partial charge is 0.0985 e. The summed E-state index contributed by atoms with van der Waals surface area (Å²) >= 11 is 3.43. The molecule has 1 rings (SSSR count). The molecule has 0 aliphatic carbocycles. The van der Waals surface area contributed by atoms with Gasteiger partial charge in [0.15, 0.2) is 0 Å². The summed E-state index contributed by atoms with van der Waals surface area (Å²) in [5.41, 5.74) is 3.85. The lowest BCUT2D eigenvalue weighted by molar-refractivity contribution is 1.31. The highest BCUT2D eigenvalue weighted by atomic mass is 79.9. The first-order chi connectivity index (χ1) is 5.27. The molecule has 0 bridgehead atoms. The molecule has 0 nitrogen and oxygen atoms in total. The summed E-state index contributed by atoms with van der Waals surface area (Å²) in [7, 11) is 0. The third-order valence-corrected chi connectivity index (χ3v) is 2.35. The zero-order valence-corrected chi connectivity index (χ0v) is 8.19. The van der Waals surface area contributed by atoms with Gasteiger partial charge in [-0.2, -0.15) is 0 Å². The summed E-state index contributed by atoms with van der Waals surface area (Å²) in [5.74, 6) is 0. The molecule has 0 amide bonds. The molecule has 0 spiro atoms. The maximum atomic E-state index is 3.72. The van der Waals surface area contributed by atoms with Gasteiger partial charge in [-0.1, -0.05) is 46.8 Å². The van der Waals surface area contributed by atoms with Crippen molar-refractivity contribution in [2.75, 3.05) is 0 Å². The van der Waals surface area contributed by atoms with Crippen molar-refractivity contribution in [2.45, 2.75) is 12.3 Å². The van der Waals surface area contributed by atoms with Crippen molar-refractivity contribution in [3.8, 4) is 0 Å². The van der Waals surface area contributed by atoms with E-state index >= 15 is 0 Å². The van der Waals surface area contributed by atoms with Crippen molar-refractivity contribution < 1.29 is 0 Å². The summed E-state index contributed by atoms with van der Waals surface area (Å²) in [6.07, 6.45) is 1.87. The van der Waals surface area contributed by atoms with Gasteiger partial charge in [0.1, 0.15) is 0 Å². The molecular weight excluding hydrogens is 200 g/mol. The number of alkyl halides is 1. The Morgan fingerprint density at radius 3 is 2.73 bits per heavy atom. The van der Waals surface area contributed by atoms with Gasteiger partial charge in [0.05, 0.1) is 0 Å². The van der Waals surface area contributed by atoms with Crippen molar-refractivity contribution in [3.05, 3.63) is 41.5 Å². The van der Waals surface area contributed by atoms with Crippen molar-refractivity contribution in [1.29, 1.82) is 0 Å². The summed E-state index contributed by atoms with van der Waals surface area (Å²) in [6, 6.07) is 6.35. The van der Waals surface area contributed by atoms with E-state index in [1.54, 1.807) is 0 Å². The molecule has 0 heterocycles. The Kier molecular flexibility index (Phi) is 2.89. The fraction of sp³-hybridized carbons (Fsp3) is 0.200. The van der Waals surface area contributed by atoms with Crippen molar-refractivity contribution in [3.63, 3.8) is 0 Å². The van der Waals surface area contributed by atoms with Gasteiger partial charge in [-0.05, 0) is 23.6 Å². The molecule has 0 N–H and O–H groups in total. The van der Waals surface area contributed by atoms with Gasteiger partial charge < -0.3 is 0 Å². The number of hydrogen-bond acceptors (Lipinski definition) is 0. The molecule has 0 radical (unpaired) electrons. The second kappa shape index (κ2) is 3.72. The van der Waals surface area contributed by atoms with Gasteiger partial charge in [-0.3, -0.25) is 0 Å². The molecule has 0 aliphatic heterocycles. The lowest BCUT2D eigenvalue weighted by Gasteiger charge is -2.01. The normalized spacial score (nSPS) is 9.64. The van der Waals surface area contributed by atoms with Crippen LogP contribution in [0.3, 0.4) is 0 Å². The van der Waals surface area contributed by atoms with Crippen LogP contribution in [0.2, 0.25) is 0 Å². The molecule has 1 heteroatoms. The van der Waals surface area contributed by atoms with Crippen LogP contribution in [-0.4, -0.2) is 0 Å². The smallest absolute Gasteiger partial charge is 0.0285 e. The fourth-order valence-electron chi connectivity index (χ4n) is 0.996. The molecule has 0 atom stereocenters. The lowest BCUT2D eigenvalue weighted by atomic mass is 10.1. The molecule has 0 aromatic heterocycles. The number of halogens is 1. The maximum absolute atomic E-state index is 3.72. The molecule has 0 aliphatic rings. The van der Waals surface area contributed by atoms with Crippen LogP contribution in [0.25, 0.3) is 6.08 Å². The molecule has 0 unspecified atom stereocenters. The summed E-state index contributed by atoms with van der Waals surface area (Å²) in [4.78, 5) is 0. The third-order valence-electron chi connectivity index (χ3n) is 1.75. The minimum Gasteiger partial charge on any atom is -0.0985 e. The van der Waals surface area contributed by atoms with Crippen LogP contribution in [0, 0.1) is 6.92 Å². The molecule has 0 saturated heterocycles. The van der Waals surface area contributed by atoms with E-state index in [0.29, 0.717) is 0 Å². The van der Waals surface area contributed by atoms with E-state index in [2.05, 4.69) is 47.6 Å². The van der Waals surface area contributed by atoms with Gasteiger partial charge in [-0.15, -0.1) is 0 Å². The number of benzene rings is 1. The molecule has 1 aromatic carbocycles. The van der Waals surface area contributed by atoms with Crippen LogP contribution in [0.5, 0.6) is 0 Å². The molecule has 1 aromatic rings. The van der Waals surface area contributed by atoms with Gasteiger partial charge in [0, 0.05) is 5.33 Å². The Bertz CT molecular complexity index is 264. The van der Waals surface area contributed by atoms with Crippen LogP contribution in [0.4, 0.5) is 0 Å². The van der Waals surface area contributed by atoms with Crippen molar-refractivity contribution in [1.82, 2.24) is 0 Å². The quantitative estimate of drug-likeness (QED) is 0.656. The summed E-state index contributed by atoms with van der Waals surface area (Å²) in [6.45, 7) is 5.83. The minimum absolute atomic E-state index is 0.927. The number of aryl methyl sites for hydroxylation is 1. The topological polar surface area (TPSA) is 0 Å². The summed E-state index contributed by atoms with van der Waals surface area (Å²) in [5, 5.41) is 0.927. The average molecular weight is 211 g/mol. The Labute approximate surface area is 76.1 Å². The molecule has 11 heavy (non-hydrogen) atoms. The first-order valence-corrected chi connectivity index (χ1v) is 4.68. The highest BCUT2D eigenvalue weighted by molar-refractivity contribution is 9.08. The Morgan fingerprint density at radius 1 is 1.55 bits per heavy atom. The second-order valence-corrected chi connectivity index (χ2v) is 3.08. The standard InChI is InChI=1S/C10H11Br/c1-3-9-4-5-10(7-11)8(2)6-9/h3-6H,1,7H2,2H3. The third kappa shape index (κ3) is 1.93. The molecule has 58 valence electrons. The van der Waals surface area contributed by atoms with Crippen LogP contribution < -0.4 is 0 Å². The average Bonchev–Trinajstić information content (AvgIpc) is 2.04. The van der Waals surface area contributed by atoms with Crippen molar-refractivity contribution >= 4 is 22.0 Å². The fourth-order valence-corrected chi connectivity index (χ4v) is 1.63. The highest BCUT2D eigenvalue weighted by Gasteiger charge is 1.95. The van der Waals surface area contributed by atoms with E-state index in [1.807, 2.05) is 6.08 Å². The van der Waals surface area contributed by atoms with E-state index in [4.69, 9.17) is 0 Å². The first-order valence-electron chi connectivity index (χ1n) is 3.56. The van der Waals surface area contributed by atoms with Crippen LogP contribution in [-0.2, 0) is 5.33 Å². The SMILES string of the molecule is C=Cc1ccc(CBr)c(C)c1. The van der Waals surface area contributed by atoms with Gasteiger partial charge >= 0.3 is 0 Å². The lowest BCUT2D eigenvalue weighted by Crippen LogP contribution is -1.84. The maximum Gasteiger partial charge on any atom is 0.0285 e. The number of rotatable bonds is 2. The van der Waals surface area contributed by atoms with E-state index in [1.165, 1.54) is 16.7 Å². The highest BCUT2D eigenvalue weighted by Crippen LogP contribution is 2.14. The van der Waals surface area contributed by atoms with Crippen LogP contribution >= 0.6 is 15.9 Å². The zero-order chi connectivity index (χ0) is 8.27. The van der Waals surface area contributed by atoms with E-state index < -0.39 is 0 Å². The van der Waals surface area contributed by atoms with Gasteiger partial charge in [0.25, 0.3) is 0 Å². The predicted molar refractivity (Wildman–Crippen MR) is 53.9 cm³/mol. The van der Waals surface area contributed by atoms with Crippen LogP contribution in [0.1, 0.15) is 16.7 Å². The Balaban J connectivity index is 3.09. The first kappa shape index (κ1) is 8.54.